The van der Waals surface area contributed by atoms with Crippen LogP contribution in [0.25, 0.3) is 10.9 Å². The lowest BCUT2D eigenvalue weighted by atomic mass is 9.30. The zero-order chi connectivity index (χ0) is 19.1. The second-order valence-electron chi connectivity index (χ2n) is 9.98. The Morgan fingerprint density at radius 2 is 1.81 bits per heavy atom. The maximum Gasteiger partial charge on any atom is 0.267 e. The van der Waals surface area contributed by atoms with Crippen molar-refractivity contribution in [3.05, 3.63) is 29.2 Å². The first-order valence-corrected chi connectivity index (χ1v) is 9.78. The fourth-order valence-corrected chi connectivity index (χ4v) is 7.32. The molecule has 2 heterocycles. The summed E-state index contributed by atoms with van der Waals surface area (Å²) in [5, 5.41) is 4.70. The fraction of sp³-hybridized carbons (Fsp3) is 0.619. The number of pyridine rings is 1. The molecule has 26 heavy (non-hydrogen) atoms. The molecule has 3 aliphatic rings. The van der Waals surface area contributed by atoms with Crippen molar-refractivity contribution in [2.45, 2.75) is 54.0 Å². The molecule has 0 saturated heterocycles. The number of H-pyrrole nitrogens is 1. The van der Waals surface area contributed by atoms with E-state index in [1.807, 2.05) is 6.07 Å². The maximum absolute atomic E-state index is 12.9. The van der Waals surface area contributed by atoms with Crippen molar-refractivity contribution < 1.29 is 4.79 Å². The van der Waals surface area contributed by atoms with Crippen molar-refractivity contribution in [2.24, 2.45) is 28.1 Å². The van der Waals surface area contributed by atoms with Gasteiger partial charge in [0.05, 0.1) is 16.7 Å². The van der Waals surface area contributed by atoms with Gasteiger partial charge in [-0.15, -0.1) is 0 Å². The lowest BCUT2D eigenvalue weighted by molar-refractivity contribution is -0.260. The Balaban J connectivity index is 1.59. The van der Waals surface area contributed by atoms with E-state index >= 15 is 0 Å². The van der Waals surface area contributed by atoms with Crippen molar-refractivity contribution in [1.82, 2.24) is 15.3 Å². The smallest absolute Gasteiger partial charge is 0.267 e. The molecule has 140 valence electrons. The lowest BCUT2D eigenvalue weighted by Crippen LogP contribution is -2.73. The number of aromatic nitrogens is 2. The van der Waals surface area contributed by atoms with Gasteiger partial charge in [0.1, 0.15) is 5.69 Å². The third kappa shape index (κ3) is 2.20. The van der Waals surface area contributed by atoms with Crippen molar-refractivity contribution in [3.63, 3.8) is 0 Å². The number of nitrogens with one attached hydrogen (secondary N) is 2. The SMILES string of the molecule is CC1(C)C2C[C@H](NC(=O)c3cc4c(Cl)cncc4[nH]3)C(C)(C)C1C2(C)C. The van der Waals surface area contributed by atoms with Gasteiger partial charge in [-0.1, -0.05) is 53.1 Å². The Morgan fingerprint density at radius 1 is 1.15 bits per heavy atom. The van der Waals surface area contributed by atoms with Gasteiger partial charge >= 0.3 is 0 Å². The first-order valence-electron chi connectivity index (χ1n) is 9.40. The van der Waals surface area contributed by atoms with Gasteiger partial charge in [-0.2, -0.15) is 0 Å². The highest BCUT2D eigenvalue weighted by atomic mass is 35.5. The van der Waals surface area contributed by atoms with E-state index in [4.69, 9.17) is 11.6 Å². The summed E-state index contributed by atoms with van der Waals surface area (Å²) in [5.74, 6) is 1.14. The molecule has 2 bridgehead atoms. The molecular formula is C21H28ClN3O. The number of fused-ring (bicyclic) bond motifs is 3. The van der Waals surface area contributed by atoms with Crippen LogP contribution >= 0.6 is 11.6 Å². The number of rotatable bonds is 2. The molecule has 2 aromatic heterocycles. The van der Waals surface area contributed by atoms with Crippen molar-refractivity contribution >= 4 is 28.4 Å². The minimum atomic E-state index is -0.0627. The maximum atomic E-state index is 12.9. The number of amides is 1. The summed E-state index contributed by atoms with van der Waals surface area (Å²) in [6.45, 7) is 14.2. The number of carbonyl (C=O) groups excluding carboxylic acids is 1. The first kappa shape index (κ1) is 17.8. The fourth-order valence-electron chi connectivity index (χ4n) is 7.11. The standard InChI is InChI=1S/C21H28ClN3O/c1-19(2)15-8-16(21(5,6)18(19)20(15,3)4)25-17(26)13-7-11-12(22)9-23-10-14(11)24-13/h7,9-10,15-16,18,24H,8H2,1-6H3,(H,25,26)/t15?,16-,18?/m0/s1. The Hall–Kier alpha value is -1.55. The quantitative estimate of drug-likeness (QED) is 0.774. The number of hydrogen-bond donors (Lipinski definition) is 2. The topological polar surface area (TPSA) is 57.8 Å². The Kier molecular flexibility index (Phi) is 3.60. The van der Waals surface area contributed by atoms with Gasteiger partial charge in [-0.25, -0.2) is 0 Å². The zero-order valence-electron chi connectivity index (χ0n) is 16.4. The van der Waals surface area contributed by atoms with Gasteiger partial charge in [0.2, 0.25) is 0 Å². The molecule has 0 aliphatic heterocycles. The highest BCUT2D eigenvalue weighted by molar-refractivity contribution is 6.35. The average Bonchev–Trinajstić information content (AvgIpc) is 2.94. The van der Waals surface area contributed by atoms with E-state index in [9.17, 15) is 4.79 Å². The molecule has 0 unspecified atom stereocenters. The molecular weight excluding hydrogens is 346 g/mol. The number of carbonyl (C=O) groups is 1. The van der Waals surface area contributed by atoms with E-state index in [1.54, 1.807) is 12.4 Å². The number of aromatic amines is 1. The molecule has 0 aromatic carbocycles. The predicted molar refractivity (Wildman–Crippen MR) is 105 cm³/mol. The minimum absolute atomic E-state index is 0.0443. The number of halogens is 1. The van der Waals surface area contributed by atoms with E-state index in [1.165, 1.54) is 0 Å². The van der Waals surface area contributed by atoms with Crippen LogP contribution in [0.4, 0.5) is 0 Å². The summed E-state index contributed by atoms with van der Waals surface area (Å²) < 4.78 is 0. The van der Waals surface area contributed by atoms with Crippen LogP contribution in [-0.4, -0.2) is 21.9 Å². The molecule has 3 aliphatic carbocycles. The summed E-state index contributed by atoms with van der Waals surface area (Å²) in [5.41, 5.74) is 2.03. The second-order valence-corrected chi connectivity index (χ2v) is 10.4. The summed E-state index contributed by atoms with van der Waals surface area (Å²) >= 11 is 6.19. The van der Waals surface area contributed by atoms with Crippen molar-refractivity contribution in [2.75, 3.05) is 0 Å². The van der Waals surface area contributed by atoms with Crippen LogP contribution in [0.3, 0.4) is 0 Å². The van der Waals surface area contributed by atoms with E-state index in [-0.39, 0.29) is 17.4 Å². The van der Waals surface area contributed by atoms with Crippen molar-refractivity contribution in [1.29, 1.82) is 0 Å². The molecule has 5 heteroatoms. The molecule has 5 rings (SSSR count). The molecule has 2 N–H and O–H groups in total. The molecule has 1 amide bonds. The van der Waals surface area contributed by atoms with E-state index in [2.05, 4.69) is 56.8 Å². The second kappa shape index (κ2) is 5.25. The van der Waals surface area contributed by atoms with Crippen molar-refractivity contribution in [3.8, 4) is 0 Å². The Labute approximate surface area is 160 Å². The minimum Gasteiger partial charge on any atom is -0.349 e. The lowest BCUT2D eigenvalue weighted by Gasteiger charge is -2.75. The van der Waals surface area contributed by atoms with Crippen LogP contribution in [0.5, 0.6) is 0 Å². The molecule has 3 fully saturated rings. The van der Waals surface area contributed by atoms with E-state index in [0.717, 1.165) is 17.3 Å². The van der Waals surface area contributed by atoms with E-state index < -0.39 is 0 Å². The normalized spacial score (nSPS) is 30.7. The van der Waals surface area contributed by atoms with Crippen LogP contribution in [0.2, 0.25) is 5.02 Å². The number of hydrogen-bond acceptors (Lipinski definition) is 2. The molecule has 3 saturated carbocycles. The average molecular weight is 374 g/mol. The Morgan fingerprint density at radius 3 is 2.38 bits per heavy atom. The summed E-state index contributed by atoms with van der Waals surface area (Å²) in [7, 11) is 0. The third-order valence-corrected chi connectivity index (χ3v) is 7.75. The predicted octanol–water partition coefficient (Wildman–Crippen LogP) is 5.04. The first-order chi connectivity index (χ1) is 12.0. The molecule has 0 radical (unpaired) electrons. The zero-order valence-corrected chi connectivity index (χ0v) is 17.2. The molecule has 4 nitrogen and oxygen atoms in total. The van der Waals surface area contributed by atoms with Gasteiger partial charge in [0, 0.05) is 17.6 Å². The van der Waals surface area contributed by atoms with Crippen LogP contribution in [0.1, 0.15) is 58.5 Å². The molecule has 0 spiro atoms. The monoisotopic (exact) mass is 373 g/mol. The van der Waals surface area contributed by atoms with E-state index in [0.29, 0.717) is 33.4 Å². The highest BCUT2D eigenvalue weighted by Crippen LogP contribution is 2.74. The van der Waals surface area contributed by atoms with Crippen LogP contribution in [-0.2, 0) is 0 Å². The van der Waals surface area contributed by atoms with Gasteiger partial charge in [0.25, 0.3) is 5.91 Å². The summed E-state index contributed by atoms with van der Waals surface area (Å²) in [6, 6.07) is 1.99. The highest BCUT2D eigenvalue weighted by Gasteiger charge is 2.70. The summed E-state index contributed by atoms with van der Waals surface area (Å²) in [6.07, 6.45) is 4.32. The molecule has 1 atom stereocenters. The third-order valence-electron chi connectivity index (χ3n) is 7.44. The van der Waals surface area contributed by atoms with Crippen LogP contribution in [0, 0.1) is 28.1 Å². The van der Waals surface area contributed by atoms with Gasteiger partial charge in [-0.05, 0) is 40.6 Å². The molecule has 2 aromatic rings. The largest absolute Gasteiger partial charge is 0.349 e. The van der Waals surface area contributed by atoms with Crippen LogP contribution < -0.4 is 5.32 Å². The van der Waals surface area contributed by atoms with Crippen LogP contribution in [0.15, 0.2) is 18.5 Å². The Bertz CT molecular complexity index is 880. The van der Waals surface area contributed by atoms with Gasteiger partial charge in [-0.3, -0.25) is 9.78 Å². The van der Waals surface area contributed by atoms with Gasteiger partial charge in [0.15, 0.2) is 0 Å². The number of nitrogens with zero attached hydrogens (tertiary/aromatic N) is 1. The summed E-state index contributed by atoms with van der Waals surface area (Å²) in [4.78, 5) is 20.1. The van der Waals surface area contributed by atoms with Gasteiger partial charge < -0.3 is 10.3 Å².